The number of likely N-dealkylation sites (N-methyl/N-ethyl adjacent to an activating group) is 1. The van der Waals surface area contributed by atoms with E-state index in [-0.39, 0.29) is 11.9 Å². The molecule has 0 amide bonds. The fourth-order valence-electron chi connectivity index (χ4n) is 2.28. The van der Waals surface area contributed by atoms with Gasteiger partial charge in [0.2, 0.25) is 0 Å². The summed E-state index contributed by atoms with van der Waals surface area (Å²) in [4.78, 5) is 4.13. The second-order valence-corrected chi connectivity index (χ2v) is 4.68. The van der Waals surface area contributed by atoms with Gasteiger partial charge < -0.3 is 5.32 Å². The third-order valence-electron chi connectivity index (χ3n) is 3.23. The highest BCUT2D eigenvalue weighted by Gasteiger charge is 2.14. The van der Waals surface area contributed by atoms with Gasteiger partial charge in [-0.1, -0.05) is 19.1 Å². The van der Waals surface area contributed by atoms with Crippen molar-refractivity contribution in [1.82, 2.24) is 10.3 Å². The summed E-state index contributed by atoms with van der Waals surface area (Å²) in [5.41, 5.74) is 3.28. The quantitative estimate of drug-likeness (QED) is 0.888. The molecule has 1 atom stereocenters. The van der Waals surface area contributed by atoms with Gasteiger partial charge in [-0.3, -0.25) is 4.98 Å². The molecular formula is C16H19FN2. The topological polar surface area (TPSA) is 24.9 Å². The smallest absolute Gasteiger partial charge is 0.123 e. The molecule has 2 rings (SSSR count). The van der Waals surface area contributed by atoms with E-state index in [9.17, 15) is 4.39 Å². The average molecular weight is 258 g/mol. The number of hydrogen-bond donors (Lipinski definition) is 1. The molecule has 0 bridgehead atoms. The SMILES string of the molecule is CCNC(Cc1cccnc1)c1cc(F)ccc1C. The number of halogens is 1. The van der Waals surface area contributed by atoms with Crippen LogP contribution in [-0.4, -0.2) is 11.5 Å². The van der Waals surface area contributed by atoms with E-state index in [0.717, 1.165) is 29.7 Å². The lowest BCUT2D eigenvalue weighted by atomic mass is 9.96. The van der Waals surface area contributed by atoms with Gasteiger partial charge in [0.25, 0.3) is 0 Å². The Hall–Kier alpha value is -1.74. The molecule has 3 heteroatoms. The molecule has 0 saturated heterocycles. The van der Waals surface area contributed by atoms with Gasteiger partial charge in [-0.2, -0.15) is 0 Å². The second-order valence-electron chi connectivity index (χ2n) is 4.68. The molecule has 0 aliphatic heterocycles. The van der Waals surface area contributed by atoms with Gasteiger partial charge in [0.1, 0.15) is 5.82 Å². The summed E-state index contributed by atoms with van der Waals surface area (Å²) in [6, 6.07) is 9.05. The zero-order valence-corrected chi connectivity index (χ0v) is 11.4. The molecule has 1 N–H and O–H groups in total. The number of nitrogens with zero attached hydrogens (tertiary/aromatic N) is 1. The minimum absolute atomic E-state index is 0.116. The van der Waals surface area contributed by atoms with E-state index in [1.54, 1.807) is 12.3 Å². The van der Waals surface area contributed by atoms with Crippen molar-refractivity contribution in [3.63, 3.8) is 0 Å². The lowest BCUT2D eigenvalue weighted by Gasteiger charge is -2.20. The van der Waals surface area contributed by atoms with Gasteiger partial charge in [-0.25, -0.2) is 4.39 Å². The number of benzene rings is 1. The van der Waals surface area contributed by atoms with Gasteiger partial charge in [0.05, 0.1) is 0 Å². The predicted octanol–water partition coefficient (Wildman–Crippen LogP) is 3.42. The van der Waals surface area contributed by atoms with Crippen molar-refractivity contribution >= 4 is 0 Å². The van der Waals surface area contributed by atoms with E-state index in [2.05, 4.69) is 17.2 Å². The molecule has 1 aromatic heterocycles. The van der Waals surface area contributed by atoms with Crippen LogP contribution in [0.25, 0.3) is 0 Å². The van der Waals surface area contributed by atoms with Crippen LogP contribution in [0.1, 0.15) is 29.7 Å². The molecule has 0 spiro atoms. The molecule has 0 fully saturated rings. The highest BCUT2D eigenvalue weighted by molar-refractivity contribution is 5.31. The van der Waals surface area contributed by atoms with Crippen molar-refractivity contribution in [1.29, 1.82) is 0 Å². The van der Waals surface area contributed by atoms with Crippen LogP contribution in [0.15, 0.2) is 42.7 Å². The monoisotopic (exact) mass is 258 g/mol. The van der Waals surface area contributed by atoms with Crippen molar-refractivity contribution in [3.05, 3.63) is 65.2 Å². The van der Waals surface area contributed by atoms with E-state index < -0.39 is 0 Å². The fraction of sp³-hybridized carbons (Fsp3) is 0.312. The minimum atomic E-state index is -0.185. The van der Waals surface area contributed by atoms with E-state index in [1.807, 2.05) is 31.3 Å². The lowest BCUT2D eigenvalue weighted by molar-refractivity contribution is 0.539. The molecule has 2 nitrogen and oxygen atoms in total. The van der Waals surface area contributed by atoms with Crippen LogP contribution < -0.4 is 5.32 Å². The number of aryl methyl sites for hydroxylation is 1. The molecule has 0 aliphatic rings. The first-order valence-electron chi connectivity index (χ1n) is 6.59. The summed E-state index contributed by atoms with van der Waals surface area (Å²) in [5, 5.41) is 3.42. The maximum Gasteiger partial charge on any atom is 0.123 e. The third kappa shape index (κ3) is 3.61. The normalized spacial score (nSPS) is 12.4. The summed E-state index contributed by atoms with van der Waals surface area (Å²) >= 11 is 0. The van der Waals surface area contributed by atoms with Crippen molar-refractivity contribution in [2.24, 2.45) is 0 Å². The second kappa shape index (κ2) is 6.43. The van der Waals surface area contributed by atoms with Gasteiger partial charge in [-0.15, -0.1) is 0 Å². The van der Waals surface area contributed by atoms with Crippen LogP contribution in [-0.2, 0) is 6.42 Å². The van der Waals surface area contributed by atoms with E-state index in [4.69, 9.17) is 0 Å². The summed E-state index contributed by atoms with van der Waals surface area (Å²) in [7, 11) is 0. The number of aromatic nitrogens is 1. The summed E-state index contributed by atoms with van der Waals surface area (Å²) in [5.74, 6) is -0.185. The van der Waals surface area contributed by atoms with Gasteiger partial charge >= 0.3 is 0 Å². The van der Waals surface area contributed by atoms with E-state index in [1.165, 1.54) is 6.07 Å². The third-order valence-corrected chi connectivity index (χ3v) is 3.23. The van der Waals surface area contributed by atoms with Gasteiger partial charge in [-0.05, 0) is 54.8 Å². The van der Waals surface area contributed by atoms with Gasteiger partial charge in [0.15, 0.2) is 0 Å². The largest absolute Gasteiger partial charge is 0.310 e. The Bertz CT molecular complexity index is 526. The molecule has 100 valence electrons. The Morgan fingerprint density at radius 1 is 1.32 bits per heavy atom. The van der Waals surface area contributed by atoms with Crippen LogP contribution in [0, 0.1) is 12.7 Å². The first-order chi connectivity index (χ1) is 9.20. The van der Waals surface area contributed by atoms with Crippen molar-refractivity contribution < 1.29 is 4.39 Å². The van der Waals surface area contributed by atoms with Crippen LogP contribution in [0.4, 0.5) is 4.39 Å². The first kappa shape index (κ1) is 13.7. The lowest BCUT2D eigenvalue weighted by Crippen LogP contribution is -2.24. The Labute approximate surface area is 113 Å². The highest BCUT2D eigenvalue weighted by Crippen LogP contribution is 2.22. The summed E-state index contributed by atoms with van der Waals surface area (Å²) in [6.07, 6.45) is 4.43. The number of nitrogens with one attached hydrogen (secondary N) is 1. The zero-order valence-electron chi connectivity index (χ0n) is 11.4. The predicted molar refractivity (Wildman–Crippen MR) is 75.5 cm³/mol. The molecule has 0 radical (unpaired) electrons. The molecule has 0 aliphatic carbocycles. The molecular weight excluding hydrogens is 239 g/mol. The first-order valence-corrected chi connectivity index (χ1v) is 6.59. The average Bonchev–Trinajstić information content (AvgIpc) is 2.42. The molecule has 1 unspecified atom stereocenters. The Balaban J connectivity index is 2.27. The summed E-state index contributed by atoms with van der Waals surface area (Å²) in [6.45, 7) is 4.92. The Kier molecular flexibility index (Phi) is 4.63. The Morgan fingerprint density at radius 3 is 2.84 bits per heavy atom. The maximum atomic E-state index is 13.4. The maximum absolute atomic E-state index is 13.4. The van der Waals surface area contributed by atoms with Crippen LogP contribution in [0.3, 0.4) is 0 Å². The van der Waals surface area contributed by atoms with Crippen molar-refractivity contribution in [2.75, 3.05) is 6.54 Å². The minimum Gasteiger partial charge on any atom is -0.310 e. The zero-order chi connectivity index (χ0) is 13.7. The van der Waals surface area contributed by atoms with Gasteiger partial charge in [0, 0.05) is 18.4 Å². The number of rotatable bonds is 5. The van der Waals surface area contributed by atoms with Crippen molar-refractivity contribution in [2.45, 2.75) is 26.3 Å². The molecule has 0 saturated carbocycles. The molecule has 1 aromatic carbocycles. The number of pyridine rings is 1. The van der Waals surface area contributed by atoms with Crippen LogP contribution >= 0.6 is 0 Å². The molecule has 19 heavy (non-hydrogen) atoms. The highest BCUT2D eigenvalue weighted by atomic mass is 19.1. The fourth-order valence-corrected chi connectivity index (χ4v) is 2.28. The summed E-state index contributed by atoms with van der Waals surface area (Å²) < 4.78 is 13.4. The molecule has 1 heterocycles. The van der Waals surface area contributed by atoms with Crippen LogP contribution in [0.2, 0.25) is 0 Å². The van der Waals surface area contributed by atoms with Crippen LogP contribution in [0.5, 0.6) is 0 Å². The van der Waals surface area contributed by atoms with E-state index in [0.29, 0.717) is 0 Å². The number of hydrogen-bond acceptors (Lipinski definition) is 2. The Morgan fingerprint density at radius 2 is 2.16 bits per heavy atom. The molecule has 2 aromatic rings. The van der Waals surface area contributed by atoms with Crippen molar-refractivity contribution in [3.8, 4) is 0 Å². The standard InChI is InChI=1S/C16H19FN2/c1-3-19-16(9-13-5-4-8-18-11-13)15-10-14(17)7-6-12(15)2/h4-8,10-11,16,19H,3,9H2,1-2H3. The van der Waals surface area contributed by atoms with E-state index >= 15 is 0 Å².